The summed E-state index contributed by atoms with van der Waals surface area (Å²) in [6.45, 7) is 11.8. The highest BCUT2D eigenvalue weighted by Gasteiger charge is 2.40. The van der Waals surface area contributed by atoms with Gasteiger partial charge in [0.25, 0.3) is 0 Å². The SMILES string of the molecule is CCC1CN(C2CC(C(C)(C)CC)CCC2C#N)CCS1. The van der Waals surface area contributed by atoms with Crippen molar-refractivity contribution in [2.75, 3.05) is 18.8 Å². The Bertz CT molecular complexity index is 374. The van der Waals surface area contributed by atoms with Crippen LogP contribution in [0, 0.1) is 28.6 Å². The van der Waals surface area contributed by atoms with Gasteiger partial charge >= 0.3 is 0 Å². The van der Waals surface area contributed by atoms with E-state index in [1.807, 2.05) is 0 Å². The maximum atomic E-state index is 9.58. The Hall–Kier alpha value is -0.200. The first-order chi connectivity index (χ1) is 10.0. The van der Waals surface area contributed by atoms with Gasteiger partial charge in [0.1, 0.15) is 0 Å². The van der Waals surface area contributed by atoms with E-state index in [4.69, 9.17) is 0 Å². The van der Waals surface area contributed by atoms with E-state index < -0.39 is 0 Å². The van der Waals surface area contributed by atoms with E-state index in [1.54, 1.807) is 0 Å². The molecule has 120 valence electrons. The third-order valence-electron chi connectivity index (χ3n) is 6.09. The van der Waals surface area contributed by atoms with Crippen molar-refractivity contribution in [2.24, 2.45) is 17.3 Å². The summed E-state index contributed by atoms with van der Waals surface area (Å²) in [6.07, 6.45) is 6.09. The van der Waals surface area contributed by atoms with E-state index in [1.165, 1.54) is 44.5 Å². The van der Waals surface area contributed by atoms with Crippen LogP contribution in [0.4, 0.5) is 0 Å². The molecule has 1 heterocycles. The first-order valence-electron chi connectivity index (χ1n) is 8.77. The molecule has 0 spiro atoms. The van der Waals surface area contributed by atoms with Crippen molar-refractivity contribution in [1.82, 2.24) is 4.90 Å². The zero-order valence-electron chi connectivity index (χ0n) is 14.3. The Balaban J connectivity index is 2.08. The molecule has 0 aromatic carbocycles. The number of rotatable bonds is 4. The fourth-order valence-electron chi connectivity index (χ4n) is 3.99. The number of hydrogen-bond donors (Lipinski definition) is 0. The van der Waals surface area contributed by atoms with E-state index in [0.29, 0.717) is 11.5 Å². The molecule has 1 aliphatic heterocycles. The fraction of sp³-hybridized carbons (Fsp3) is 0.944. The number of nitrogens with zero attached hydrogens (tertiary/aromatic N) is 2. The first kappa shape index (κ1) is 17.2. The molecule has 2 nitrogen and oxygen atoms in total. The second-order valence-electron chi connectivity index (χ2n) is 7.55. The van der Waals surface area contributed by atoms with Crippen molar-refractivity contribution in [3.63, 3.8) is 0 Å². The highest BCUT2D eigenvalue weighted by molar-refractivity contribution is 8.00. The molecule has 0 aromatic rings. The lowest BCUT2D eigenvalue weighted by molar-refractivity contribution is 0.0531. The lowest BCUT2D eigenvalue weighted by atomic mass is 9.66. The smallest absolute Gasteiger partial charge is 0.0672 e. The largest absolute Gasteiger partial charge is 0.297 e. The lowest BCUT2D eigenvalue weighted by Crippen LogP contribution is -2.51. The van der Waals surface area contributed by atoms with Crippen LogP contribution in [0.25, 0.3) is 0 Å². The van der Waals surface area contributed by atoms with Gasteiger partial charge < -0.3 is 0 Å². The summed E-state index contributed by atoms with van der Waals surface area (Å²) < 4.78 is 0. The number of hydrogen-bond acceptors (Lipinski definition) is 3. The first-order valence-corrected chi connectivity index (χ1v) is 9.82. The van der Waals surface area contributed by atoms with Gasteiger partial charge in [0.05, 0.1) is 12.0 Å². The van der Waals surface area contributed by atoms with Crippen molar-refractivity contribution in [1.29, 1.82) is 5.26 Å². The second-order valence-corrected chi connectivity index (χ2v) is 8.96. The summed E-state index contributed by atoms with van der Waals surface area (Å²) in [7, 11) is 0. The third kappa shape index (κ3) is 3.96. The maximum Gasteiger partial charge on any atom is 0.0672 e. The quantitative estimate of drug-likeness (QED) is 0.762. The minimum atomic E-state index is 0.259. The summed E-state index contributed by atoms with van der Waals surface area (Å²) in [5.74, 6) is 2.29. The predicted molar refractivity (Wildman–Crippen MR) is 92.4 cm³/mol. The molecule has 4 atom stereocenters. The zero-order valence-corrected chi connectivity index (χ0v) is 15.1. The van der Waals surface area contributed by atoms with Gasteiger partial charge in [-0.05, 0) is 37.0 Å². The second kappa shape index (κ2) is 7.38. The van der Waals surface area contributed by atoms with Crippen LogP contribution in [0.3, 0.4) is 0 Å². The molecular weight excluding hydrogens is 276 g/mol. The van der Waals surface area contributed by atoms with Gasteiger partial charge in [-0.2, -0.15) is 17.0 Å². The van der Waals surface area contributed by atoms with E-state index in [0.717, 1.165) is 17.6 Å². The van der Waals surface area contributed by atoms with E-state index >= 15 is 0 Å². The van der Waals surface area contributed by atoms with Crippen molar-refractivity contribution in [2.45, 2.75) is 71.1 Å². The van der Waals surface area contributed by atoms with Crippen LogP contribution >= 0.6 is 11.8 Å². The molecule has 2 rings (SSSR count). The van der Waals surface area contributed by atoms with Gasteiger partial charge in [0.15, 0.2) is 0 Å². The highest BCUT2D eigenvalue weighted by atomic mass is 32.2. The van der Waals surface area contributed by atoms with Gasteiger partial charge in [-0.1, -0.05) is 34.1 Å². The van der Waals surface area contributed by atoms with E-state index in [2.05, 4.69) is 50.4 Å². The van der Waals surface area contributed by atoms with Crippen LogP contribution in [-0.4, -0.2) is 35.0 Å². The van der Waals surface area contributed by atoms with Gasteiger partial charge in [-0.15, -0.1) is 0 Å². The lowest BCUT2D eigenvalue weighted by Gasteiger charge is -2.47. The van der Waals surface area contributed by atoms with Crippen molar-refractivity contribution < 1.29 is 0 Å². The van der Waals surface area contributed by atoms with E-state index in [9.17, 15) is 5.26 Å². The zero-order chi connectivity index (χ0) is 15.5. The van der Waals surface area contributed by atoms with Gasteiger partial charge in [-0.3, -0.25) is 4.90 Å². The fourth-order valence-corrected chi connectivity index (χ4v) is 5.20. The molecule has 0 radical (unpaired) electrons. The summed E-state index contributed by atoms with van der Waals surface area (Å²) >= 11 is 2.13. The molecule has 2 fully saturated rings. The number of thioether (sulfide) groups is 1. The monoisotopic (exact) mass is 308 g/mol. The Morgan fingerprint density at radius 3 is 2.67 bits per heavy atom. The topological polar surface area (TPSA) is 27.0 Å². The summed E-state index contributed by atoms with van der Waals surface area (Å²) in [6, 6.07) is 3.13. The van der Waals surface area contributed by atoms with E-state index in [-0.39, 0.29) is 5.92 Å². The predicted octanol–water partition coefficient (Wildman–Crippen LogP) is 4.56. The summed E-state index contributed by atoms with van der Waals surface area (Å²) in [5, 5.41) is 10.4. The molecule has 0 amide bonds. The Morgan fingerprint density at radius 2 is 2.05 bits per heavy atom. The molecule has 1 saturated heterocycles. The molecule has 2 aliphatic rings. The highest BCUT2D eigenvalue weighted by Crippen LogP contribution is 2.44. The molecule has 1 aliphatic carbocycles. The Morgan fingerprint density at radius 1 is 1.29 bits per heavy atom. The normalized spacial score (nSPS) is 35.4. The van der Waals surface area contributed by atoms with Gasteiger partial charge in [0, 0.05) is 30.1 Å². The summed E-state index contributed by atoms with van der Waals surface area (Å²) in [5.41, 5.74) is 0.424. The molecule has 21 heavy (non-hydrogen) atoms. The van der Waals surface area contributed by atoms with Crippen molar-refractivity contribution in [3.05, 3.63) is 0 Å². The van der Waals surface area contributed by atoms with Crippen molar-refractivity contribution >= 4 is 11.8 Å². The van der Waals surface area contributed by atoms with Crippen LogP contribution in [-0.2, 0) is 0 Å². The minimum absolute atomic E-state index is 0.259. The standard InChI is InChI=1S/C18H32N2S/c1-5-16-13-20(9-10-21-16)17-11-15(18(3,4)6-2)8-7-14(17)12-19/h14-17H,5-11,13H2,1-4H3. The van der Waals surface area contributed by atoms with Crippen LogP contribution in [0.1, 0.15) is 59.8 Å². The van der Waals surface area contributed by atoms with Gasteiger partial charge in [0.2, 0.25) is 0 Å². The average molecular weight is 309 g/mol. The Kier molecular flexibility index (Phi) is 6.03. The molecular formula is C18H32N2S. The van der Waals surface area contributed by atoms with Gasteiger partial charge in [-0.25, -0.2) is 0 Å². The van der Waals surface area contributed by atoms with Crippen molar-refractivity contribution in [3.8, 4) is 6.07 Å². The van der Waals surface area contributed by atoms with Crippen LogP contribution < -0.4 is 0 Å². The molecule has 4 unspecified atom stereocenters. The molecule has 3 heteroatoms. The Labute approximate surface area is 135 Å². The summed E-state index contributed by atoms with van der Waals surface area (Å²) in [4.78, 5) is 2.66. The molecule has 0 aromatic heterocycles. The molecule has 0 N–H and O–H groups in total. The molecule has 0 bridgehead atoms. The molecule has 1 saturated carbocycles. The maximum absolute atomic E-state index is 9.58. The number of nitriles is 1. The van der Waals surface area contributed by atoms with Crippen LogP contribution in [0.5, 0.6) is 0 Å². The minimum Gasteiger partial charge on any atom is -0.297 e. The third-order valence-corrected chi connectivity index (χ3v) is 7.47. The average Bonchev–Trinajstić information content (AvgIpc) is 2.54. The van der Waals surface area contributed by atoms with Crippen LogP contribution in [0.2, 0.25) is 0 Å². The van der Waals surface area contributed by atoms with Crippen LogP contribution in [0.15, 0.2) is 0 Å².